The molecule has 0 aromatic carbocycles. The number of carbonyl (C=O) groups is 1. The molecule has 3 unspecified atom stereocenters. The van der Waals surface area contributed by atoms with E-state index in [-0.39, 0.29) is 6.04 Å². The number of primary amides is 1. The number of anilines is 1. The number of aromatic nitrogens is 2. The molecule has 132 valence electrons. The van der Waals surface area contributed by atoms with Gasteiger partial charge in [0.15, 0.2) is 0 Å². The lowest BCUT2D eigenvalue weighted by atomic mass is 9.52. The summed E-state index contributed by atoms with van der Waals surface area (Å²) in [5, 5.41) is 16.0. The van der Waals surface area contributed by atoms with Crippen molar-refractivity contribution in [2.75, 3.05) is 5.32 Å². The highest BCUT2D eigenvalue weighted by Gasteiger charge is 2.56. The molecule has 6 nitrogen and oxygen atoms in total. The van der Waals surface area contributed by atoms with Crippen molar-refractivity contribution in [1.82, 2.24) is 9.97 Å². The number of hydrogen-bond donors (Lipinski definition) is 4. The van der Waals surface area contributed by atoms with Gasteiger partial charge in [0.2, 0.25) is 0 Å². The number of H-pyrrole nitrogens is 1. The SMILES string of the molecule is NC(=O)c1cnc2[nH]cc(Cl)c2c1NC1C2CC3CC(C2)CC1(O)C3. The summed E-state index contributed by atoms with van der Waals surface area (Å²) in [5.74, 6) is 1.12. The van der Waals surface area contributed by atoms with Crippen molar-refractivity contribution < 1.29 is 9.90 Å². The minimum Gasteiger partial charge on any atom is -0.388 e. The van der Waals surface area contributed by atoms with E-state index in [1.54, 1.807) is 6.20 Å². The van der Waals surface area contributed by atoms with Crippen LogP contribution in [0.1, 0.15) is 42.5 Å². The molecular weight excluding hydrogens is 340 g/mol. The first-order valence-electron chi connectivity index (χ1n) is 8.89. The minimum absolute atomic E-state index is 0.0880. The van der Waals surface area contributed by atoms with Crippen LogP contribution >= 0.6 is 11.6 Å². The molecule has 7 heteroatoms. The summed E-state index contributed by atoms with van der Waals surface area (Å²) in [6.45, 7) is 0. The minimum atomic E-state index is -0.720. The van der Waals surface area contributed by atoms with E-state index in [0.717, 1.165) is 25.7 Å². The van der Waals surface area contributed by atoms with Crippen LogP contribution in [0.3, 0.4) is 0 Å². The lowest BCUT2D eigenvalue weighted by molar-refractivity contribution is -0.133. The van der Waals surface area contributed by atoms with Crippen molar-refractivity contribution >= 4 is 34.2 Å². The molecule has 4 bridgehead atoms. The number of carbonyl (C=O) groups excluding carboxylic acids is 1. The Kier molecular flexibility index (Phi) is 3.16. The zero-order chi connectivity index (χ0) is 17.3. The number of amides is 1. The predicted octanol–water partition coefficient (Wildman–Crippen LogP) is 2.67. The second kappa shape index (κ2) is 5.11. The third-order valence-electron chi connectivity index (χ3n) is 6.49. The molecule has 0 saturated heterocycles. The Balaban J connectivity index is 1.61. The molecule has 1 amide bonds. The van der Waals surface area contributed by atoms with Gasteiger partial charge in [0.05, 0.1) is 33.3 Å². The van der Waals surface area contributed by atoms with Crippen LogP contribution in [-0.4, -0.2) is 32.6 Å². The van der Waals surface area contributed by atoms with Gasteiger partial charge in [0.25, 0.3) is 5.91 Å². The van der Waals surface area contributed by atoms with Gasteiger partial charge in [-0.1, -0.05) is 11.6 Å². The standard InChI is InChI=1S/C18H21ClN4O2/c19-12-7-22-17-13(12)14(11(6-21-17)16(20)24)23-15-10-2-8-1-9(3-10)5-18(15,25)4-8/h6-10,15,25H,1-5H2,(H2,20,24)(H2,21,22,23). The van der Waals surface area contributed by atoms with Gasteiger partial charge in [-0.25, -0.2) is 4.98 Å². The predicted molar refractivity (Wildman–Crippen MR) is 95.5 cm³/mol. The van der Waals surface area contributed by atoms with Crippen LogP contribution in [0.15, 0.2) is 12.4 Å². The van der Waals surface area contributed by atoms with E-state index >= 15 is 0 Å². The molecule has 2 aromatic heterocycles. The maximum atomic E-state index is 12.0. The van der Waals surface area contributed by atoms with Crippen molar-refractivity contribution in [2.45, 2.75) is 43.7 Å². The number of pyridine rings is 1. The summed E-state index contributed by atoms with van der Waals surface area (Å²) in [6.07, 6.45) is 8.31. The maximum absolute atomic E-state index is 12.0. The quantitative estimate of drug-likeness (QED) is 0.675. The zero-order valence-corrected chi connectivity index (χ0v) is 14.5. The lowest BCUT2D eigenvalue weighted by Gasteiger charge is -2.59. The Morgan fingerprint density at radius 2 is 2.08 bits per heavy atom. The Hall–Kier alpha value is -1.79. The topological polar surface area (TPSA) is 104 Å². The molecule has 4 fully saturated rings. The first-order chi connectivity index (χ1) is 11.9. The zero-order valence-electron chi connectivity index (χ0n) is 13.8. The molecule has 4 saturated carbocycles. The molecule has 6 rings (SSSR count). The molecule has 2 heterocycles. The van der Waals surface area contributed by atoms with Crippen molar-refractivity contribution in [2.24, 2.45) is 23.5 Å². The monoisotopic (exact) mass is 360 g/mol. The van der Waals surface area contributed by atoms with E-state index in [9.17, 15) is 9.90 Å². The molecule has 2 aromatic rings. The largest absolute Gasteiger partial charge is 0.388 e. The average molecular weight is 361 g/mol. The first-order valence-corrected chi connectivity index (χ1v) is 9.26. The Labute approximate surface area is 150 Å². The average Bonchev–Trinajstić information content (AvgIpc) is 2.91. The Bertz CT molecular complexity index is 865. The summed E-state index contributed by atoms with van der Waals surface area (Å²) in [6, 6.07) is -0.0880. The Morgan fingerprint density at radius 1 is 1.36 bits per heavy atom. The smallest absolute Gasteiger partial charge is 0.252 e. The number of nitrogens with one attached hydrogen (secondary N) is 2. The van der Waals surface area contributed by atoms with Crippen LogP contribution < -0.4 is 11.1 Å². The summed E-state index contributed by atoms with van der Waals surface area (Å²) >= 11 is 6.33. The molecule has 3 atom stereocenters. The number of aromatic amines is 1. The highest BCUT2D eigenvalue weighted by atomic mass is 35.5. The fourth-order valence-electron chi connectivity index (χ4n) is 5.80. The third-order valence-corrected chi connectivity index (χ3v) is 6.79. The van der Waals surface area contributed by atoms with Gasteiger partial charge in [-0.05, 0) is 49.9 Å². The number of rotatable bonds is 3. The van der Waals surface area contributed by atoms with Crippen molar-refractivity contribution in [3.05, 3.63) is 23.0 Å². The van der Waals surface area contributed by atoms with Crippen molar-refractivity contribution in [3.8, 4) is 0 Å². The van der Waals surface area contributed by atoms with E-state index in [1.165, 1.54) is 12.6 Å². The Morgan fingerprint density at radius 3 is 2.72 bits per heavy atom. The number of hydrogen-bond acceptors (Lipinski definition) is 4. The molecule has 4 aliphatic rings. The molecule has 0 aliphatic heterocycles. The van der Waals surface area contributed by atoms with Gasteiger partial charge < -0.3 is 21.1 Å². The molecule has 4 aliphatic carbocycles. The van der Waals surface area contributed by atoms with Crippen LogP contribution in [0.4, 0.5) is 5.69 Å². The van der Waals surface area contributed by atoms with Crippen LogP contribution in [0, 0.1) is 17.8 Å². The normalized spacial score (nSPS) is 36.1. The van der Waals surface area contributed by atoms with Gasteiger partial charge in [0.1, 0.15) is 5.65 Å². The van der Waals surface area contributed by atoms with E-state index in [1.807, 2.05) is 0 Å². The summed E-state index contributed by atoms with van der Waals surface area (Å²) < 4.78 is 0. The summed E-state index contributed by atoms with van der Waals surface area (Å²) in [5.41, 5.74) is 6.36. The number of fused-ring (bicyclic) bond motifs is 1. The van der Waals surface area contributed by atoms with Gasteiger partial charge in [-0.2, -0.15) is 0 Å². The van der Waals surface area contributed by atoms with Gasteiger partial charge in [-0.15, -0.1) is 0 Å². The van der Waals surface area contributed by atoms with Crippen LogP contribution in [-0.2, 0) is 0 Å². The first kappa shape index (κ1) is 15.5. The fourth-order valence-corrected chi connectivity index (χ4v) is 6.04. The van der Waals surface area contributed by atoms with Gasteiger partial charge in [0, 0.05) is 12.4 Å². The van der Waals surface area contributed by atoms with Crippen LogP contribution in [0.2, 0.25) is 5.02 Å². The van der Waals surface area contributed by atoms with E-state index in [0.29, 0.717) is 45.1 Å². The number of nitrogens with zero attached hydrogens (tertiary/aromatic N) is 1. The molecule has 5 N–H and O–H groups in total. The van der Waals surface area contributed by atoms with Crippen LogP contribution in [0.5, 0.6) is 0 Å². The van der Waals surface area contributed by atoms with Gasteiger partial charge in [-0.3, -0.25) is 4.79 Å². The molecule has 0 spiro atoms. The van der Waals surface area contributed by atoms with E-state index in [4.69, 9.17) is 17.3 Å². The van der Waals surface area contributed by atoms with E-state index in [2.05, 4.69) is 15.3 Å². The molecule has 25 heavy (non-hydrogen) atoms. The molecule has 0 radical (unpaired) electrons. The maximum Gasteiger partial charge on any atom is 0.252 e. The highest BCUT2D eigenvalue weighted by Crippen LogP contribution is 2.56. The molecular formula is C18H21ClN4O2. The van der Waals surface area contributed by atoms with Crippen molar-refractivity contribution in [1.29, 1.82) is 0 Å². The van der Waals surface area contributed by atoms with E-state index < -0.39 is 11.5 Å². The van der Waals surface area contributed by atoms with Crippen LogP contribution in [0.25, 0.3) is 11.0 Å². The summed E-state index contributed by atoms with van der Waals surface area (Å²) in [4.78, 5) is 19.2. The fraction of sp³-hybridized carbons (Fsp3) is 0.556. The third kappa shape index (κ3) is 2.20. The number of halogens is 1. The second-order valence-corrected chi connectivity index (χ2v) is 8.51. The second-order valence-electron chi connectivity index (χ2n) is 8.10. The number of aliphatic hydroxyl groups is 1. The number of nitrogens with two attached hydrogens (primary N) is 1. The van der Waals surface area contributed by atoms with Gasteiger partial charge >= 0.3 is 0 Å². The lowest BCUT2D eigenvalue weighted by Crippen LogP contribution is -2.63. The van der Waals surface area contributed by atoms with Crippen molar-refractivity contribution in [3.63, 3.8) is 0 Å². The summed E-state index contributed by atoms with van der Waals surface area (Å²) in [7, 11) is 0. The highest BCUT2D eigenvalue weighted by molar-refractivity contribution is 6.37.